The monoisotopic (exact) mass is 236 g/mol. The molecule has 0 saturated heterocycles. The Morgan fingerprint density at radius 1 is 1.41 bits per heavy atom. The number of aliphatic imine (C=N–C) groups is 1. The lowest BCUT2D eigenvalue weighted by Gasteiger charge is -2.07. The highest BCUT2D eigenvalue weighted by Gasteiger charge is 2.10. The lowest BCUT2D eigenvalue weighted by molar-refractivity contribution is 0.0600. The van der Waals surface area contributed by atoms with Gasteiger partial charge >= 0.3 is 5.97 Å². The Morgan fingerprint density at radius 3 is 2.65 bits per heavy atom. The average Bonchev–Trinajstić information content (AvgIpc) is 2.37. The quantitative estimate of drug-likeness (QED) is 0.492. The molecule has 5 heteroatoms. The number of hydrogen-bond donors (Lipinski definition) is 1. The highest BCUT2D eigenvalue weighted by atomic mass is 16.5. The molecule has 2 N–H and O–H groups in total. The van der Waals surface area contributed by atoms with E-state index in [2.05, 4.69) is 9.73 Å². The highest BCUT2D eigenvalue weighted by Crippen LogP contribution is 2.28. The molecule has 17 heavy (non-hydrogen) atoms. The number of esters is 1. The lowest BCUT2D eigenvalue weighted by atomic mass is 10.2. The van der Waals surface area contributed by atoms with Crippen molar-refractivity contribution in [2.45, 2.75) is 13.3 Å². The van der Waals surface area contributed by atoms with E-state index < -0.39 is 5.97 Å². The molecule has 0 atom stereocenters. The minimum Gasteiger partial charge on any atom is -0.494 e. The molecule has 0 saturated carbocycles. The van der Waals surface area contributed by atoms with Crippen LogP contribution < -0.4 is 10.5 Å². The first-order valence-corrected chi connectivity index (χ1v) is 5.21. The third-order valence-electron chi connectivity index (χ3n) is 2.23. The van der Waals surface area contributed by atoms with Crippen LogP contribution in [0.3, 0.4) is 0 Å². The molecule has 0 aliphatic rings. The predicted octanol–water partition coefficient (Wildman–Crippen LogP) is 1.88. The van der Waals surface area contributed by atoms with Crippen molar-refractivity contribution in [3.63, 3.8) is 0 Å². The van der Waals surface area contributed by atoms with Gasteiger partial charge in [-0.3, -0.25) is 0 Å². The Balaban J connectivity index is 3.20. The maximum absolute atomic E-state index is 11.4. The second-order valence-corrected chi connectivity index (χ2v) is 3.33. The van der Waals surface area contributed by atoms with Gasteiger partial charge in [-0.25, -0.2) is 9.79 Å². The Bertz CT molecular complexity index is 441. The van der Waals surface area contributed by atoms with Crippen molar-refractivity contribution in [1.29, 1.82) is 0 Å². The molecule has 1 aromatic carbocycles. The minimum absolute atomic E-state index is 0.413. The van der Waals surface area contributed by atoms with Crippen molar-refractivity contribution < 1.29 is 14.3 Å². The largest absolute Gasteiger partial charge is 0.494 e. The van der Waals surface area contributed by atoms with Crippen LogP contribution in [0.5, 0.6) is 5.75 Å². The van der Waals surface area contributed by atoms with E-state index in [1.54, 1.807) is 18.2 Å². The number of nitrogens with zero attached hydrogens (tertiary/aromatic N) is 1. The van der Waals surface area contributed by atoms with E-state index in [0.717, 1.165) is 0 Å². The summed E-state index contributed by atoms with van der Waals surface area (Å²) in [7, 11) is 2.87. The Labute approximate surface area is 100 Å². The van der Waals surface area contributed by atoms with Gasteiger partial charge in [-0.1, -0.05) is 6.92 Å². The Kier molecular flexibility index (Phi) is 4.51. The number of benzene rings is 1. The topological polar surface area (TPSA) is 73.9 Å². The summed E-state index contributed by atoms with van der Waals surface area (Å²) in [6.45, 7) is 1.90. The predicted molar refractivity (Wildman–Crippen MR) is 65.9 cm³/mol. The number of ether oxygens (including phenoxy) is 2. The summed E-state index contributed by atoms with van der Waals surface area (Å²) in [4.78, 5) is 15.6. The molecular formula is C12H16N2O3. The van der Waals surface area contributed by atoms with Gasteiger partial charge in [-0.15, -0.1) is 0 Å². The van der Waals surface area contributed by atoms with Crippen molar-refractivity contribution in [3.8, 4) is 5.75 Å². The van der Waals surface area contributed by atoms with Gasteiger partial charge in [0.1, 0.15) is 11.4 Å². The van der Waals surface area contributed by atoms with Crippen molar-refractivity contribution in [2.24, 2.45) is 10.7 Å². The Hall–Kier alpha value is -2.04. The van der Waals surface area contributed by atoms with E-state index >= 15 is 0 Å². The molecule has 0 spiro atoms. The standard InChI is InChI=1S/C12H16N2O3/c1-4-11(13)14-9-7-8(12(15)17-3)5-6-10(9)16-2/h5-7H,4H2,1-3H3,(H2,13,14). The van der Waals surface area contributed by atoms with Gasteiger partial charge in [0.15, 0.2) is 0 Å². The van der Waals surface area contributed by atoms with Crippen LogP contribution in [0, 0.1) is 0 Å². The molecule has 0 fully saturated rings. The Morgan fingerprint density at radius 2 is 2.12 bits per heavy atom. The second kappa shape index (κ2) is 5.89. The highest BCUT2D eigenvalue weighted by molar-refractivity contribution is 5.92. The van der Waals surface area contributed by atoms with Crippen molar-refractivity contribution in [2.75, 3.05) is 14.2 Å². The van der Waals surface area contributed by atoms with E-state index in [1.165, 1.54) is 14.2 Å². The van der Waals surface area contributed by atoms with Crippen LogP contribution in [-0.2, 0) is 4.74 Å². The first-order chi connectivity index (χ1) is 8.12. The smallest absolute Gasteiger partial charge is 0.337 e. The number of amidine groups is 1. The third-order valence-corrected chi connectivity index (χ3v) is 2.23. The van der Waals surface area contributed by atoms with Crippen molar-refractivity contribution >= 4 is 17.5 Å². The van der Waals surface area contributed by atoms with E-state index in [-0.39, 0.29) is 0 Å². The molecule has 0 bridgehead atoms. The summed E-state index contributed by atoms with van der Waals surface area (Å²) in [5.74, 6) is 0.624. The fraction of sp³-hybridized carbons (Fsp3) is 0.333. The summed E-state index contributed by atoms with van der Waals surface area (Å²) < 4.78 is 9.78. The molecule has 0 unspecified atom stereocenters. The SMILES string of the molecule is CCC(N)=Nc1cc(C(=O)OC)ccc1OC. The first kappa shape index (κ1) is 13.0. The van der Waals surface area contributed by atoms with E-state index in [1.807, 2.05) is 6.92 Å². The van der Waals surface area contributed by atoms with Crippen molar-refractivity contribution in [1.82, 2.24) is 0 Å². The molecule has 0 heterocycles. The molecule has 0 aliphatic carbocycles. The van der Waals surface area contributed by atoms with Crippen LogP contribution in [0.15, 0.2) is 23.2 Å². The second-order valence-electron chi connectivity index (χ2n) is 3.33. The van der Waals surface area contributed by atoms with Crippen LogP contribution in [-0.4, -0.2) is 26.0 Å². The molecule has 0 aliphatic heterocycles. The number of carbonyl (C=O) groups is 1. The third kappa shape index (κ3) is 3.21. The van der Waals surface area contributed by atoms with Crippen LogP contribution in [0.4, 0.5) is 5.69 Å². The van der Waals surface area contributed by atoms with Crippen molar-refractivity contribution in [3.05, 3.63) is 23.8 Å². The normalized spacial score (nSPS) is 11.1. The number of rotatable bonds is 4. The van der Waals surface area contributed by atoms with Crippen LogP contribution >= 0.6 is 0 Å². The summed E-state index contributed by atoms with van der Waals surface area (Å²) in [5.41, 5.74) is 6.60. The van der Waals surface area contributed by atoms with Gasteiger partial charge in [-0.05, 0) is 18.2 Å². The van der Waals surface area contributed by atoms with Gasteiger partial charge in [-0.2, -0.15) is 0 Å². The van der Waals surface area contributed by atoms with Crippen LogP contribution in [0.1, 0.15) is 23.7 Å². The summed E-state index contributed by atoms with van der Waals surface area (Å²) in [5, 5.41) is 0. The zero-order valence-corrected chi connectivity index (χ0v) is 10.2. The maximum atomic E-state index is 11.4. The van der Waals surface area contributed by atoms with E-state index in [9.17, 15) is 4.79 Å². The molecule has 1 rings (SSSR count). The molecule has 1 aromatic rings. The molecular weight excluding hydrogens is 220 g/mol. The van der Waals surface area contributed by atoms with Gasteiger partial charge in [0.2, 0.25) is 0 Å². The van der Waals surface area contributed by atoms with Gasteiger partial charge in [0.25, 0.3) is 0 Å². The number of hydrogen-bond acceptors (Lipinski definition) is 4. The van der Waals surface area contributed by atoms with E-state index in [0.29, 0.717) is 29.3 Å². The fourth-order valence-electron chi connectivity index (χ4n) is 1.26. The molecule has 0 amide bonds. The number of methoxy groups -OCH3 is 2. The fourth-order valence-corrected chi connectivity index (χ4v) is 1.26. The number of carbonyl (C=O) groups excluding carboxylic acids is 1. The maximum Gasteiger partial charge on any atom is 0.337 e. The minimum atomic E-state index is -0.417. The molecule has 5 nitrogen and oxygen atoms in total. The first-order valence-electron chi connectivity index (χ1n) is 5.21. The average molecular weight is 236 g/mol. The van der Waals surface area contributed by atoms with E-state index in [4.69, 9.17) is 10.5 Å². The zero-order valence-electron chi connectivity index (χ0n) is 10.2. The van der Waals surface area contributed by atoms with Crippen LogP contribution in [0.25, 0.3) is 0 Å². The van der Waals surface area contributed by atoms with Crippen LogP contribution in [0.2, 0.25) is 0 Å². The number of nitrogens with two attached hydrogens (primary N) is 1. The molecule has 0 aromatic heterocycles. The summed E-state index contributed by atoms with van der Waals surface area (Å²) in [6, 6.07) is 4.87. The summed E-state index contributed by atoms with van der Waals surface area (Å²) in [6.07, 6.45) is 0.631. The molecule has 92 valence electrons. The van der Waals surface area contributed by atoms with Gasteiger partial charge < -0.3 is 15.2 Å². The lowest BCUT2D eigenvalue weighted by Crippen LogP contribution is -2.09. The zero-order chi connectivity index (χ0) is 12.8. The van der Waals surface area contributed by atoms with Gasteiger partial charge in [0, 0.05) is 6.42 Å². The summed E-state index contributed by atoms with van der Waals surface area (Å²) >= 11 is 0. The molecule has 0 radical (unpaired) electrons. The van der Waals surface area contributed by atoms with Gasteiger partial charge in [0.05, 0.1) is 25.6 Å².